The van der Waals surface area contributed by atoms with E-state index < -0.39 is 0 Å². The Kier molecular flexibility index (Phi) is 3.38. The summed E-state index contributed by atoms with van der Waals surface area (Å²) in [6.45, 7) is 1.90. The Balaban J connectivity index is 1.54. The number of halogens is 1. The summed E-state index contributed by atoms with van der Waals surface area (Å²) in [6.07, 6.45) is 3.76. The highest BCUT2D eigenvalue weighted by Crippen LogP contribution is 2.42. The quantitative estimate of drug-likeness (QED) is 0.754. The summed E-state index contributed by atoms with van der Waals surface area (Å²) in [5.41, 5.74) is 2.31. The van der Waals surface area contributed by atoms with Crippen LogP contribution in [0.25, 0.3) is 11.0 Å². The summed E-state index contributed by atoms with van der Waals surface area (Å²) in [5.74, 6) is 1.76. The SMILES string of the molecule is CC(NC(=O)c1ccoc1C1CC1)c1nc2ccc(Cl)cc2[nH]1. The Labute approximate surface area is 138 Å². The molecule has 1 aliphatic rings. The van der Waals surface area contributed by atoms with Crippen molar-refractivity contribution in [2.45, 2.75) is 31.7 Å². The van der Waals surface area contributed by atoms with Gasteiger partial charge in [0.15, 0.2) is 0 Å². The van der Waals surface area contributed by atoms with Crippen LogP contribution in [0.2, 0.25) is 5.02 Å². The van der Waals surface area contributed by atoms with Crippen LogP contribution in [0.3, 0.4) is 0 Å². The van der Waals surface area contributed by atoms with E-state index in [2.05, 4.69) is 15.3 Å². The molecule has 23 heavy (non-hydrogen) atoms. The number of carbonyl (C=O) groups excluding carboxylic acids is 1. The highest BCUT2D eigenvalue weighted by molar-refractivity contribution is 6.31. The predicted molar refractivity (Wildman–Crippen MR) is 87.7 cm³/mol. The number of benzene rings is 1. The van der Waals surface area contributed by atoms with E-state index in [1.54, 1.807) is 18.4 Å². The second kappa shape index (κ2) is 5.42. The molecule has 1 saturated carbocycles. The van der Waals surface area contributed by atoms with Crippen LogP contribution in [-0.4, -0.2) is 15.9 Å². The third-order valence-corrected chi connectivity index (χ3v) is 4.34. The van der Waals surface area contributed by atoms with Gasteiger partial charge in [-0.3, -0.25) is 4.79 Å². The van der Waals surface area contributed by atoms with Gasteiger partial charge >= 0.3 is 0 Å². The largest absolute Gasteiger partial charge is 0.468 e. The van der Waals surface area contributed by atoms with Crippen molar-refractivity contribution < 1.29 is 9.21 Å². The molecule has 1 unspecified atom stereocenters. The normalized spacial score (nSPS) is 15.7. The lowest BCUT2D eigenvalue weighted by Crippen LogP contribution is -2.27. The number of imidazole rings is 1. The lowest BCUT2D eigenvalue weighted by atomic mass is 10.1. The summed E-state index contributed by atoms with van der Waals surface area (Å²) < 4.78 is 5.46. The average Bonchev–Trinajstić information content (AvgIpc) is 3.10. The van der Waals surface area contributed by atoms with Crippen LogP contribution in [0.15, 0.2) is 34.9 Å². The van der Waals surface area contributed by atoms with Crippen LogP contribution in [0.5, 0.6) is 0 Å². The van der Waals surface area contributed by atoms with Crippen LogP contribution in [0, 0.1) is 0 Å². The third-order valence-electron chi connectivity index (χ3n) is 4.11. The Morgan fingerprint density at radius 1 is 1.43 bits per heavy atom. The van der Waals surface area contributed by atoms with Crippen LogP contribution >= 0.6 is 11.6 Å². The molecular weight excluding hydrogens is 314 g/mol. The minimum Gasteiger partial charge on any atom is -0.468 e. The first-order chi connectivity index (χ1) is 11.1. The standard InChI is InChI=1S/C17H16ClN3O2/c1-9(16-20-13-5-4-11(18)8-14(13)21-16)19-17(22)12-6-7-23-15(12)10-2-3-10/h4-10H,2-3H2,1H3,(H,19,22)(H,20,21). The highest BCUT2D eigenvalue weighted by Gasteiger charge is 2.31. The van der Waals surface area contributed by atoms with Crippen LogP contribution in [0.1, 0.15) is 53.7 Å². The molecular formula is C17H16ClN3O2. The topological polar surface area (TPSA) is 70.9 Å². The molecule has 0 radical (unpaired) electrons. The summed E-state index contributed by atoms with van der Waals surface area (Å²) in [5, 5.41) is 3.62. The smallest absolute Gasteiger partial charge is 0.255 e. The van der Waals surface area contributed by atoms with Crippen molar-refractivity contribution in [2.75, 3.05) is 0 Å². The molecule has 0 aliphatic heterocycles. The van der Waals surface area contributed by atoms with Gasteiger partial charge in [-0.05, 0) is 44.0 Å². The van der Waals surface area contributed by atoms with Gasteiger partial charge in [-0.15, -0.1) is 0 Å². The summed E-state index contributed by atoms with van der Waals surface area (Å²) >= 11 is 5.98. The van der Waals surface area contributed by atoms with E-state index in [1.165, 1.54) is 0 Å². The van der Waals surface area contributed by atoms with Crippen molar-refractivity contribution >= 4 is 28.5 Å². The summed E-state index contributed by atoms with van der Waals surface area (Å²) in [7, 11) is 0. The lowest BCUT2D eigenvalue weighted by Gasteiger charge is -2.11. The van der Waals surface area contributed by atoms with Gasteiger partial charge in [0.2, 0.25) is 0 Å². The third kappa shape index (κ3) is 2.72. The van der Waals surface area contributed by atoms with E-state index >= 15 is 0 Å². The molecule has 6 heteroatoms. The van der Waals surface area contributed by atoms with Crippen molar-refractivity contribution in [1.29, 1.82) is 0 Å². The Bertz CT molecular complexity index is 879. The number of aromatic nitrogens is 2. The fourth-order valence-electron chi connectivity index (χ4n) is 2.72. The van der Waals surface area contributed by atoms with Gasteiger partial charge in [0.05, 0.1) is 28.9 Å². The Hall–Kier alpha value is -2.27. The molecule has 4 rings (SSSR count). The number of hydrogen-bond donors (Lipinski definition) is 2. The van der Waals surface area contributed by atoms with E-state index in [9.17, 15) is 4.79 Å². The fraction of sp³-hybridized carbons (Fsp3) is 0.294. The van der Waals surface area contributed by atoms with Gasteiger partial charge in [0.25, 0.3) is 5.91 Å². The van der Waals surface area contributed by atoms with Gasteiger partial charge in [0.1, 0.15) is 11.6 Å². The number of furan rings is 1. The molecule has 2 heterocycles. The minimum absolute atomic E-state index is 0.133. The predicted octanol–water partition coefficient (Wildman–Crippen LogP) is 4.18. The van der Waals surface area contributed by atoms with E-state index in [4.69, 9.17) is 16.0 Å². The van der Waals surface area contributed by atoms with E-state index in [0.29, 0.717) is 22.3 Å². The van der Waals surface area contributed by atoms with Crippen LogP contribution < -0.4 is 5.32 Å². The van der Waals surface area contributed by atoms with Crippen LogP contribution in [-0.2, 0) is 0 Å². The maximum Gasteiger partial charge on any atom is 0.255 e. The molecule has 1 fully saturated rings. The number of hydrogen-bond acceptors (Lipinski definition) is 3. The summed E-state index contributed by atoms with van der Waals surface area (Å²) in [6, 6.07) is 6.96. The van der Waals surface area contributed by atoms with Gasteiger partial charge in [-0.1, -0.05) is 11.6 Å². The average molecular weight is 330 g/mol. The number of nitrogens with one attached hydrogen (secondary N) is 2. The number of carbonyl (C=O) groups is 1. The molecule has 1 amide bonds. The van der Waals surface area contributed by atoms with Crippen molar-refractivity contribution in [1.82, 2.24) is 15.3 Å². The van der Waals surface area contributed by atoms with Crippen molar-refractivity contribution in [3.63, 3.8) is 0 Å². The zero-order chi connectivity index (χ0) is 16.0. The van der Waals surface area contributed by atoms with E-state index in [-0.39, 0.29) is 11.9 Å². The molecule has 1 aliphatic carbocycles. The Morgan fingerprint density at radius 3 is 3.04 bits per heavy atom. The molecule has 0 saturated heterocycles. The van der Waals surface area contributed by atoms with Gasteiger partial charge in [-0.25, -0.2) is 4.98 Å². The number of aromatic amines is 1. The molecule has 5 nitrogen and oxygen atoms in total. The molecule has 0 bridgehead atoms. The second-order valence-corrected chi connectivity index (χ2v) is 6.39. The second-order valence-electron chi connectivity index (χ2n) is 5.95. The monoisotopic (exact) mass is 329 g/mol. The molecule has 1 atom stereocenters. The molecule has 3 aromatic rings. The number of H-pyrrole nitrogens is 1. The van der Waals surface area contributed by atoms with Crippen molar-refractivity contribution in [3.8, 4) is 0 Å². The minimum atomic E-state index is -0.240. The maximum absolute atomic E-state index is 12.5. The van der Waals surface area contributed by atoms with E-state index in [1.807, 2.05) is 19.1 Å². The molecule has 2 aromatic heterocycles. The number of amides is 1. The Morgan fingerprint density at radius 2 is 2.26 bits per heavy atom. The van der Waals surface area contributed by atoms with Gasteiger partial charge in [0, 0.05) is 10.9 Å². The molecule has 0 spiro atoms. The zero-order valence-electron chi connectivity index (χ0n) is 12.6. The number of fused-ring (bicyclic) bond motifs is 1. The summed E-state index contributed by atoms with van der Waals surface area (Å²) in [4.78, 5) is 20.2. The maximum atomic E-state index is 12.5. The fourth-order valence-corrected chi connectivity index (χ4v) is 2.89. The highest BCUT2D eigenvalue weighted by atomic mass is 35.5. The van der Waals surface area contributed by atoms with Crippen LogP contribution in [0.4, 0.5) is 0 Å². The lowest BCUT2D eigenvalue weighted by molar-refractivity contribution is 0.0936. The first kappa shape index (κ1) is 14.3. The first-order valence-corrected chi connectivity index (χ1v) is 8.03. The van der Waals surface area contributed by atoms with Gasteiger partial charge in [-0.2, -0.15) is 0 Å². The number of nitrogens with zero attached hydrogens (tertiary/aromatic N) is 1. The van der Waals surface area contributed by atoms with Crippen molar-refractivity contribution in [3.05, 3.63) is 52.7 Å². The van der Waals surface area contributed by atoms with Gasteiger partial charge < -0.3 is 14.7 Å². The molecule has 1 aromatic carbocycles. The number of rotatable bonds is 4. The van der Waals surface area contributed by atoms with Crippen molar-refractivity contribution in [2.24, 2.45) is 0 Å². The zero-order valence-corrected chi connectivity index (χ0v) is 13.4. The first-order valence-electron chi connectivity index (χ1n) is 7.65. The molecule has 2 N–H and O–H groups in total. The van der Waals surface area contributed by atoms with E-state index in [0.717, 1.165) is 29.6 Å². The molecule has 118 valence electrons.